The maximum Gasteiger partial charge on any atom is 0.128 e. The fourth-order valence-corrected chi connectivity index (χ4v) is 2.10. The highest BCUT2D eigenvalue weighted by Gasteiger charge is 2.07. The van der Waals surface area contributed by atoms with E-state index >= 15 is 0 Å². The number of rotatable bonds is 3. The van der Waals surface area contributed by atoms with Crippen molar-refractivity contribution < 1.29 is 9.13 Å². The highest BCUT2D eigenvalue weighted by Crippen LogP contribution is 2.29. The zero-order valence-corrected chi connectivity index (χ0v) is 11.5. The molecule has 0 amide bonds. The third kappa shape index (κ3) is 3.25. The van der Waals surface area contributed by atoms with Crippen molar-refractivity contribution in [2.24, 2.45) is 5.73 Å². The minimum Gasteiger partial charge on any atom is -0.457 e. The molecule has 2 aromatic carbocycles. The highest BCUT2D eigenvalue weighted by atomic mass is 35.5. The van der Waals surface area contributed by atoms with Gasteiger partial charge in [0.2, 0.25) is 0 Å². The molecule has 0 aliphatic heterocycles. The summed E-state index contributed by atoms with van der Waals surface area (Å²) in [5, 5.41) is 0.561. The topological polar surface area (TPSA) is 35.2 Å². The van der Waals surface area contributed by atoms with Crippen LogP contribution in [0, 0.1) is 12.7 Å². The van der Waals surface area contributed by atoms with Crippen LogP contribution in [-0.2, 0) is 0 Å². The van der Waals surface area contributed by atoms with E-state index in [9.17, 15) is 4.39 Å². The Kier molecular flexibility index (Phi) is 4.08. The second kappa shape index (κ2) is 5.59. The first kappa shape index (κ1) is 13.8. The Morgan fingerprint density at radius 3 is 2.37 bits per heavy atom. The Morgan fingerprint density at radius 1 is 1.16 bits per heavy atom. The molecule has 0 aliphatic rings. The molecule has 4 heteroatoms. The number of halogens is 2. The molecule has 1 atom stereocenters. The van der Waals surface area contributed by atoms with Crippen molar-refractivity contribution in [3.8, 4) is 11.5 Å². The van der Waals surface area contributed by atoms with Crippen LogP contribution in [0.2, 0.25) is 5.02 Å². The quantitative estimate of drug-likeness (QED) is 0.891. The van der Waals surface area contributed by atoms with Crippen LogP contribution in [0.25, 0.3) is 0 Å². The van der Waals surface area contributed by atoms with E-state index in [4.69, 9.17) is 22.1 Å². The molecule has 2 nitrogen and oxygen atoms in total. The summed E-state index contributed by atoms with van der Waals surface area (Å²) in [5.41, 5.74) is 7.19. The molecule has 0 saturated heterocycles. The smallest absolute Gasteiger partial charge is 0.128 e. The van der Waals surface area contributed by atoms with Gasteiger partial charge in [0.05, 0.1) is 0 Å². The molecule has 0 aliphatic carbocycles. The van der Waals surface area contributed by atoms with Gasteiger partial charge in [-0.3, -0.25) is 0 Å². The van der Waals surface area contributed by atoms with Crippen LogP contribution in [0.3, 0.4) is 0 Å². The van der Waals surface area contributed by atoms with Crippen LogP contribution in [0.15, 0.2) is 36.4 Å². The van der Waals surface area contributed by atoms with E-state index in [1.807, 2.05) is 13.0 Å². The summed E-state index contributed by atoms with van der Waals surface area (Å²) in [6, 6.07) is 9.80. The molecule has 1 unspecified atom stereocenters. The van der Waals surface area contributed by atoms with E-state index in [0.717, 1.165) is 5.56 Å². The minimum absolute atomic E-state index is 0.130. The second-order valence-electron chi connectivity index (χ2n) is 4.49. The first-order valence-corrected chi connectivity index (χ1v) is 6.34. The average Bonchev–Trinajstić information content (AvgIpc) is 2.33. The zero-order valence-electron chi connectivity index (χ0n) is 10.8. The summed E-state index contributed by atoms with van der Waals surface area (Å²) >= 11 is 6.13. The van der Waals surface area contributed by atoms with Crippen molar-refractivity contribution in [2.75, 3.05) is 0 Å². The van der Waals surface area contributed by atoms with Gasteiger partial charge in [-0.05, 0) is 55.3 Å². The van der Waals surface area contributed by atoms with E-state index in [2.05, 4.69) is 0 Å². The second-order valence-corrected chi connectivity index (χ2v) is 4.89. The van der Waals surface area contributed by atoms with Gasteiger partial charge in [-0.2, -0.15) is 0 Å². The lowest BCUT2D eigenvalue weighted by Gasteiger charge is -2.11. The number of hydrogen-bond donors (Lipinski definition) is 1. The summed E-state index contributed by atoms with van der Waals surface area (Å²) in [7, 11) is 0. The Bertz CT molecular complexity index is 599. The monoisotopic (exact) mass is 279 g/mol. The molecule has 0 fully saturated rings. The Hall–Kier alpha value is -1.58. The third-order valence-electron chi connectivity index (χ3n) is 2.83. The molecule has 100 valence electrons. The van der Waals surface area contributed by atoms with Crippen LogP contribution in [-0.4, -0.2) is 0 Å². The van der Waals surface area contributed by atoms with Crippen LogP contribution in [0.1, 0.15) is 24.1 Å². The number of aryl methyl sites for hydroxylation is 1. The minimum atomic E-state index is -0.252. The maximum absolute atomic E-state index is 13.2. The van der Waals surface area contributed by atoms with Crippen molar-refractivity contribution >= 4 is 11.6 Å². The van der Waals surface area contributed by atoms with Crippen LogP contribution >= 0.6 is 11.6 Å². The average molecular weight is 280 g/mol. The standard InChI is InChI=1S/C15H15ClFNO/c1-9-7-11(4-6-15(9)17)19-12-3-5-13(10(2)18)14(16)8-12/h3-8,10H,18H2,1-2H3. The van der Waals surface area contributed by atoms with Crippen molar-refractivity contribution in [3.63, 3.8) is 0 Å². The van der Waals surface area contributed by atoms with Gasteiger partial charge in [-0.15, -0.1) is 0 Å². The lowest BCUT2D eigenvalue weighted by Crippen LogP contribution is -2.05. The van der Waals surface area contributed by atoms with E-state index in [1.165, 1.54) is 6.07 Å². The summed E-state index contributed by atoms with van der Waals surface area (Å²) < 4.78 is 18.8. The van der Waals surface area contributed by atoms with Gasteiger partial charge >= 0.3 is 0 Å². The molecule has 0 heterocycles. The van der Waals surface area contributed by atoms with Crippen LogP contribution in [0.5, 0.6) is 11.5 Å². The summed E-state index contributed by atoms with van der Waals surface area (Å²) in [6.45, 7) is 3.56. The molecular weight excluding hydrogens is 265 g/mol. The van der Waals surface area contributed by atoms with Crippen LogP contribution in [0.4, 0.5) is 4.39 Å². The maximum atomic E-state index is 13.2. The largest absolute Gasteiger partial charge is 0.457 e. The molecule has 2 N–H and O–H groups in total. The molecule has 0 aromatic heterocycles. The highest BCUT2D eigenvalue weighted by molar-refractivity contribution is 6.31. The van der Waals surface area contributed by atoms with Gasteiger partial charge in [0.1, 0.15) is 17.3 Å². The van der Waals surface area contributed by atoms with E-state index in [0.29, 0.717) is 22.1 Å². The van der Waals surface area contributed by atoms with Gasteiger partial charge in [0, 0.05) is 11.1 Å². The van der Waals surface area contributed by atoms with Crippen molar-refractivity contribution in [1.82, 2.24) is 0 Å². The first-order valence-electron chi connectivity index (χ1n) is 5.96. The molecule has 0 spiro atoms. The Morgan fingerprint density at radius 2 is 1.79 bits per heavy atom. The van der Waals surface area contributed by atoms with Crippen molar-refractivity contribution in [2.45, 2.75) is 19.9 Å². The van der Waals surface area contributed by atoms with Gasteiger partial charge < -0.3 is 10.5 Å². The third-order valence-corrected chi connectivity index (χ3v) is 3.15. The predicted octanol–water partition coefficient (Wildman–Crippen LogP) is 4.60. The fraction of sp³-hybridized carbons (Fsp3) is 0.200. The molecule has 0 bridgehead atoms. The van der Waals surface area contributed by atoms with E-state index < -0.39 is 0 Å². The van der Waals surface area contributed by atoms with Gasteiger partial charge in [-0.1, -0.05) is 17.7 Å². The number of hydrogen-bond acceptors (Lipinski definition) is 2. The molecule has 2 aromatic rings. The molecule has 2 rings (SSSR count). The normalized spacial score (nSPS) is 12.3. The molecule has 19 heavy (non-hydrogen) atoms. The number of benzene rings is 2. The van der Waals surface area contributed by atoms with E-state index in [-0.39, 0.29) is 11.9 Å². The van der Waals surface area contributed by atoms with Gasteiger partial charge in [0.25, 0.3) is 0 Å². The van der Waals surface area contributed by atoms with Gasteiger partial charge in [0.15, 0.2) is 0 Å². The molecule has 0 radical (unpaired) electrons. The first-order chi connectivity index (χ1) is 8.97. The van der Waals surface area contributed by atoms with Crippen molar-refractivity contribution in [3.05, 3.63) is 58.4 Å². The van der Waals surface area contributed by atoms with Gasteiger partial charge in [-0.25, -0.2) is 4.39 Å². The van der Waals surface area contributed by atoms with Crippen LogP contribution < -0.4 is 10.5 Å². The SMILES string of the molecule is Cc1cc(Oc2ccc(C(C)N)c(Cl)c2)ccc1F. The summed E-state index contributed by atoms with van der Waals surface area (Å²) in [4.78, 5) is 0. The summed E-state index contributed by atoms with van der Waals surface area (Å²) in [5.74, 6) is 0.918. The Labute approximate surface area is 117 Å². The zero-order chi connectivity index (χ0) is 14.0. The number of nitrogens with two attached hydrogens (primary N) is 1. The fourth-order valence-electron chi connectivity index (χ4n) is 1.76. The number of ether oxygens (including phenoxy) is 1. The summed E-state index contributed by atoms with van der Waals surface area (Å²) in [6.07, 6.45) is 0. The lowest BCUT2D eigenvalue weighted by atomic mass is 10.1. The van der Waals surface area contributed by atoms with E-state index in [1.54, 1.807) is 31.2 Å². The predicted molar refractivity (Wildman–Crippen MR) is 75.3 cm³/mol. The van der Waals surface area contributed by atoms with Crippen molar-refractivity contribution in [1.29, 1.82) is 0 Å². The lowest BCUT2D eigenvalue weighted by molar-refractivity contribution is 0.479. The molecule has 0 saturated carbocycles. The Balaban J connectivity index is 2.24. The molecular formula is C15H15ClFNO.